The van der Waals surface area contributed by atoms with Crippen molar-refractivity contribution in [2.24, 2.45) is 46.3 Å². The fraction of sp³-hybridized carbons (Fsp3) is 1.00. The van der Waals surface area contributed by atoms with Gasteiger partial charge in [-0.3, -0.25) is 0 Å². The number of fused-ring (bicyclic) bond motifs is 5. The van der Waals surface area contributed by atoms with Crippen LogP contribution >= 0.6 is 0 Å². The van der Waals surface area contributed by atoms with Gasteiger partial charge in [0.25, 0.3) is 0 Å². The van der Waals surface area contributed by atoms with Crippen LogP contribution in [0.5, 0.6) is 0 Å². The highest BCUT2D eigenvalue weighted by atomic mass is 16.3. The smallest absolute Gasteiger partial charge is 0.0857 e. The summed E-state index contributed by atoms with van der Waals surface area (Å²) in [6.07, 6.45) is 5.29. The van der Waals surface area contributed by atoms with Gasteiger partial charge in [-0.1, -0.05) is 40.5 Å². The largest absolute Gasteiger partial charge is 0.393 e. The zero-order valence-electron chi connectivity index (χ0n) is 18.2. The summed E-state index contributed by atoms with van der Waals surface area (Å²) in [4.78, 5) is 0. The minimum absolute atomic E-state index is 0.0829. The number of aliphatic hydroxyl groups excluding tert-OH is 4. The van der Waals surface area contributed by atoms with Gasteiger partial charge in [0.2, 0.25) is 0 Å². The Hall–Kier alpha value is -0.160. The normalized spacial score (nSPS) is 57.2. The van der Waals surface area contributed by atoms with Gasteiger partial charge in [-0.2, -0.15) is 0 Å². The summed E-state index contributed by atoms with van der Waals surface area (Å²) in [6.45, 7) is 9.00. The first-order chi connectivity index (χ1) is 13.2. The quantitative estimate of drug-likeness (QED) is 0.592. The Bertz CT molecular complexity index is 581. The summed E-state index contributed by atoms with van der Waals surface area (Å²) in [5, 5.41) is 44.2. The molecule has 28 heavy (non-hydrogen) atoms. The molecule has 4 saturated carbocycles. The molecule has 12 atom stereocenters. The highest BCUT2D eigenvalue weighted by molar-refractivity contribution is 5.16. The van der Waals surface area contributed by atoms with Gasteiger partial charge in [-0.15, -0.1) is 0 Å². The molecule has 0 amide bonds. The van der Waals surface area contributed by atoms with Crippen LogP contribution in [-0.4, -0.2) is 44.8 Å². The summed E-state index contributed by atoms with van der Waals surface area (Å²) in [5.74, 6) is 1.86. The van der Waals surface area contributed by atoms with Crippen LogP contribution in [0.15, 0.2) is 0 Å². The first-order valence-electron chi connectivity index (χ1n) is 11.9. The molecule has 4 N–H and O–H groups in total. The molecule has 4 aliphatic rings. The second-order valence-corrected chi connectivity index (χ2v) is 11.3. The monoisotopic (exact) mass is 394 g/mol. The number of hydrogen-bond acceptors (Lipinski definition) is 4. The van der Waals surface area contributed by atoms with Crippen LogP contribution in [0.2, 0.25) is 0 Å². The summed E-state index contributed by atoms with van der Waals surface area (Å²) >= 11 is 0. The Morgan fingerprint density at radius 2 is 1.57 bits per heavy atom. The Morgan fingerprint density at radius 3 is 2.25 bits per heavy atom. The van der Waals surface area contributed by atoms with Gasteiger partial charge in [-0.25, -0.2) is 0 Å². The van der Waals surface area contributed by atoms with Gasteiger partial charge in [0, 0.05) is 5.41 Å². The summed E-state index contributed by atoms with van der Waals surface area (Å²) in [5.41, 5.74) is -0.546. The Labute approximate surface area is 170 Å². The van der Waals surface area contributed by atoms with Crippen molar-refractivity contribution < 1.29 is 20.4 Å². The van der Waals surface area contributed by atoms with Crippen molar-refractivity contribution in [1.29, 1.82) is 0 Å². The molecule has 4 heteroatoms. The third kappa shape index (κ3) is 2.70. The molecule has 4 aliphatic carbocycles. The molecular weight excluding hydrogens is 352 g/mol. The van der Waals surface area contributed by atoms with Gasteiger partial charge in [0.05, 0.1) is 24.4 Å². The second-order valence-electron chi connectivity index (χ2n) is 11.3. The van der Waals surface area contributed by atoms with Crippen molar-refractivity contribution >= 4 is 0 Å². The van der Waals surface area contributed by atoms with Crippen molar-refractivity contribution in [3.8, 4) is 0 Å². The maximum atomic E-state index is 11.5. The maximum Gasteiger partial charge on any atom is 0.0857 e. The Kier molecular flexibility index (Phi) is 5.43. The van der Waals surface area contributed by atoms with Crippen LogP contribution in [0.3, 0.4) is 0 Å². The molecule has 4 nitrogen and oxygen atoms in total. The molecule has 0 aliphatic heterocycles. The van der Waals surface area contributed by atoms with E-state index in [1.54, 1.807) is 0 Å². The maximum absolute atomic E-state index is 11.5. The fourth-order valence-electron chi connectivity index (χ4n) is 8.89. The third-order valence-electron chi connectivity index (χ3n) is 10.4. The molecule has 162 valence electrons. The minimum Gasteiger partial charge on any atom is -0.393 e. The molecular formula is C24H42O4. The zero-order chi connectivity index (χ0) is 20.4. The summed E-state index contributed by atoms with van der Waals surface area (Å²) in [7, 11) is 0. The van der Waals surface area contributed by atoms with E-state index in [4.69, 9.17) is 0 Å². The standard InChI is InChI=1S/C24H42O4/c1-5-6-13(2)15-8-9-16-21-17(12-20(27)24(15,16)4)23(3)14(11-19(21)26)7-10-18(25)22(23)28/h13-22,25-28H,5-12H2,1-4H3/t13?,14?,15-,16+,17+,18?,19?,20?,21+,22?,23+,24-/m1/s1. The van der Waals surface area contributed by atoms with E-state index in [-0.39, 0.29) is 35.4 Å². The van der Waals surface area contributed by atoms with Crippen LogP contribution in [0.4, 0.5) is 0 Å². The predicted molar refractivity (Wildman–Crippen MR) is 109 cm³/mol. The van der Waals surface area contributed by atoms with Crippen molar-refractivity contribution in [1.82, 2.24) is 0 Å². The zero-order valence-corrected chi connectivity index (χ0v) is 18.2. The SMILES string of the molecule is CCCC(C)[C@H]1CC[C@H]2[C@@H]3C(O)CC4CCC(O)C(O)[C@]4(C)[C@H]3CC(O)[C@]12C. The fourth-order valence-corrected chi connectivity index (χ4v) is 8.89. The van der Waals surface area contributed by atoms with Crippen LogP contribution in [-0.2, 0) is 0 Å². The van der Waals surface area contributed by atoms with E-state index >= 15 is 0 Å². The van der Waals surface area contributed by atoms with Crippen molar-refractivity contribution in [3.63, 3.8) is 0 Å². The molecule has 0 radical (unpaired) electrons. The predicted octanol–water partition coefficient (Wildman–Crippen LogP) is 3.35. The highest BCUT2D eigenvalue weighted by Crippen LogP contribution is 2.68. The molecule has 4 rings (SSSR count). The first-order valence-corrected chi connectivity index (χ1v) is 11.9. The summed E-state index contributed by atoms with van der Waals surface area (Å²) in [6, 6.07) is 0. The average molecular weight is 395 g/mol. The number of rotatable bonds is 3. The average Bonchev–Trinajstić information content (AvgIpc) is 3.00. The molecule has 0 spiro atoms. The Balaban J connectivity index is 1.70. The van der Waals surface area contributed by atoms with Crippen molar-refractivity contribution in [3.05, 3.63) is 0 Å². The third-order valence-corrected chi connectivity index (χ3v) is 10.4. The van der Waals surface area contributed by atoms with E-state index in [2.05, 4.69) is 27.7 Å². The lowest BCUT2D eigenvalue weighted by atomic mass is 9.42. The van der Waals surface area contributed by atoms with Gasteiger partial charge in [0.1, 0.15) is 0 Å². The van der Waals surface area contributed by atoms with Gasteiger partial charge < -0.3 is 20.4 Å². The molecule has 4 fully saturated rings. The molecule has 0 bridgehead atoms. The van der Waals surface area contributed by atoms with Crippen molar-refractivity contribution in [2.75, 3.05) is 0 Å². The lowest BCUT2D eigenvalue weighted by molar-refractivity contribution is -0.241. The van der Waals surface area contributed by atoms with E-state index in [0.717, 1.165) is 25.7 Å². The van der Waals surface area contributed by atoms with Gasteiger partial charge in [-0.05, 0) is 79.4 Å². The minimum atomic E-state index is -0.751. The van der Waals surface area contributed by atoms with E-state index in [1.807, 2.05) is 0 Å². The van der Waals surface area contributed by atoms with Gasteiger partial charge in [0.15, 0.2) is 0 Å². The van der Waals surface area contributed by atoms with Crippen LogP contribution in [0.25, 0.3) is 0 Å². The Morgan fingerprint density at radius 1 is 0.857 bits per heavy atom. The first kappa shape index (κ1) is 21.1. The van der Waals surface area contributed by atoms with E-state index in [9.17, 15) is 20.4 Å². The van der Waals surface area contributed by atoms with Gasteiger partial charge >= 0.3 is 0 Å². The van der Waals surface area contributed by atoms with Crippen molar-refractivity contribution in [2.45, 2.75) is 103 Å². The van der Waals surface area contributed by atoms with Crippen LogP contribution < -0.4 is 0 Å². The lowest BCUT2D eigenvalue weighted by Crippen LogP contribution is -2.66. The second kappa shape index (κ2) is 7.21. The number of aliphatic hydroxyl groups is 4. The summed E-state index contributed by atoms with van der Waals surface area (Å²) < 4.78 is 0. The molecule has 0 aromatic carbocycles. The molecule has 0 heterocycles. The van der Waals surface area contributed by atoms with Crippen LogP contribution in [0, 0.1) is 46.3 Å². The van der Waals surface area contributed by atoms with E-state index in [1.165, 1.54) is 12.8 Å². The van der Waals surface area contributed by atoms with E-state index < -0.39 is 17.6 Å². The van der Waals surface area contributed by atoms with E-state index in [0.29, 0.717) is 30.6 Å². The molecule has 0 aromatic rings. The highest BCUT2D eigenvalue weighted by Gasteiger charge is 2.67. The molecule has 6 unspecified atom stereocenters. The lowest BCUT2D eigenvalue weighted by Gasteiger charge is -2.64. The molecule has 0 aromatic heterocycles. The molecule has 0 saturated heterocycles. The van der Waals surface area contributed by atoms with Crippen LogP contribution in [0.1, 0.15) is 79.1 Å². The topological polar surface area (TPSA) is 80.9 Å². The number of hydrogen-bond donors (Lipinski definition) is 4.